The van der Waals surface area contributed by atoms with Gasteiger partial charge in [0, 0.05) is 12.6 Å². The lowest BCUT2D eigenvalue weighted by Gasteiger charge is -2.01. The Kier molecular flexibility index (Phi) is 2.45. The van der Waals surface area contributed by atoms with Crippen LogP contribution in [0.4, 0.5) is 0 Å². The first-order valence-corrected chi connectivity index (χ1v) is 3.75. The van der Waals surface area contributed by atoms with Gasteiger partial charge in [-0.05, 0) is 0 Å². The van der Waals surface area contributed by atoms with Crippen molar-refractivity contribution in [1.82, 2.24) is 14.9 Å². The van der Waals surface area contributed by atoms with Gasteiger partial charge in [0.1, 0.15) is 6.54 Å². The highest BCUT2D eigenvalue weighted by Gasteiger charge is 2.11. The number of imidazole rings is 1. The van der Waals surface area contributed by atoms with E-state index in [2.05, 4.69) is 10.3 Å². The fourth-order valence-corrected chi connectivity index (χ4v) is 0.952. The summed E-state index contributed by atoms with van der Waals surface area (Å²) < 4.78 is 0.966. The van der Waals surface area contributed by atoms with E-state index in [0.29, 0.717) is 5.59 Å². The number of rotatable bonds is 2. The maximum Gasteiger partial charge on any atom is 0.328 e. The monoisotopic (exact) mass is 183 g/mol. The van der Waals surface area contributed by atoms with E-state index in [4.69, 9.17) is 0 Å². The molecule has 0 fully saturated rings. The van der Waals surface area contributed by atoms with Gasteiger partial charge in [0.25, 0.3) is 0 Å². The topological polar surface area (TPSA) is 87.1 Å². The van der Waals surface area contributed by atoms with Crippen LogP contribution in [-0.2, 0) is 11.3 Å². The molecule has 0 aliphatic heterocycles. The van der Waals surface area contributed by atoms with Gasteiger partial charge in [-0.3, -0.25) is 9.36 Å². The molecule has 7 heteroatoms. The number of nitrogens with one attached hydrogen (secondary N) is 2. The third-order valence-electron chi connectivity index (χ3n) is 1.71. The van der Waals surface area contributed by atoms with Crippen molar-refractivity contribution < 1.29 is 9.90 Å². The Bertz CT molecular complexity index is 381. The van der Waals surface area contributed by atoms with Gasteiger partial charge in [-0.15, -0.1) is 0 Å². The zero-order valence-electron chi connectivity index (χ0n) is 7.42. The Morgan fingerprint density at radius 1 is 1.77 bits per heavy atom. The van der Waals surface area contributed by atoms with E-state index in [9.17, 15) is 14.7 Å². The average molecular weight is 183 g/mol. The SMILES string of the molecule is Bc1[nH]c(=O)n(CC(=O)NC)c1O. The number of likely N-dealkylation sites (N-methyl/N-ethyl adjacent to an activating group) is 1. The minimum Gasteiger partial charge on any atom is -0.494 e. The molecule has 0 radical (unpaired) electrons. The summed E-state index contributed by atoms with van der Waals surface area (Å²) in [6.45, 7) is -0.175. The first-order chi connectivity index (χ1) is 6.06. The second-order valence-corrected chi connectivity index (χ2v) is 2.64. The minimum absolute atomic E-state index is 0.175. The van der Waals surface area contributed by atoms with E-state index in [1.165, 1.54) is 7.05 Å². The van der Waals surface area contributed by atoms with Crippen LogP contribution in [0.2, 0.25) is 0 Å². The molecule has 1 rings (SSSR count). The van der Waals surface area contributed by atoms with Crippen molar-refractivity contribution in [2.75, 3.05) is 7.05 Å². The molecule has 0 atom stereocenters. The number of nitrogens with zero attached hydrogens (tertiary/aromatic N) is 1. The fraction of sp³-hybridized carbons (Fsp3) is 0.333. The smallest absolute Gasteiger partial charge is 0.328 e. The number of aromatic amines is 1. The number of carbonyl (C=O) groups is 1. The Labute approximate surface area is 75.0 Å². The molecule has 70 valence electrons. The van der Waals surface area contributed by atoms with Gasteiger partial charge in [-0.1, -0.05) is 0 Å². The van der Waals surface area contributed by atoms with Crippen LogP contribution >= 0.6 is 0 Å². The summed E-state index contributed by atoms with van der Waals surface area (Å²) in [5.74, 6) is -0.537. The van der Waals surface area contributed by atoms with Gasteiger partial charge in [0.05, 0.1) is 0 Å². The zero-order valence-corrected chi connectivity index (χ0v) is 7.42. The molecular formula is C6H10BN3O3. The van der Waals surface area contributed by atoms with Gasteiger partial charge in [0.2, 0.25) is 11.8 Å². The molecule has 6 nitrogen and oxygen atoms in total. The van der Waals surface area contributed by atoms with Crippen LogP contribution in [0.5, 0.6) is 5.88 Å². The van der Waals surface area contributed by atoms with Crippen LogP contribution in [0.1, 0.15) is 0 Å². The molecule has 3 N–H and O–H groups in total. The summed E-state index contributed by atoms with van der Waals surface area (Å²) in [6, 6.07) is 0. The molecule has 0 saturated heterocycles. The molecule has 13 heavy (non-hydrogen) atoms. The van der Waals surface area contributed by atoms with Crippen molar-refractivity contribution in [1.29, 1.82) is 0 Å². The van der Waals surface area contributed by atoms with Gasteiger partial charge in [0.15, 0.2) is 7.85 Å². The molecule has 0 aromatic carbocycles. The van der Waals surface area contributed by atoms with Gasteiger partial charge < -0.3 is 15.4 Å². The lowest BCUT2D eigenvalue weighted by molar-refractivity contribution is -0.121. The molecule has 0 unspecified atom stereocenters. The highest BCUT2D eigenvalue weighted by molar-refractivity contribution is 6.32. The van der Waals surface area contributed by atoms with Crippen LogP contribution in [-0.4, -0.2) is 35.5 Å². The maximum absolute atomic E-state index is 11.1. The number of aromatic hydroxyl groups is 1. The summed E-state index contributed by atoms with van der Waals surface area (Å²) in [7, 11) is 3.01. The maximum atomic E-state index is 11.1. The summed E-state index contributed by atoms with van der Waals surface area (Å²) in [4.78, 5) is 24.4. The van der Waals surface area contributed by atoms with E-state index >= 15 is 0 Å². The number of hydrogen-bond acceptors (Lipinski definition) is 3. The van der Waals surface area contributed by atoms with Crippen LogP contribution < -0.4 is 16.6 Å². The molecule has 0 aliphatic carbocycles. The molecule has 1 heterocycles. The lowest BCUT2D eigenvalue weighted by atomic mass is 10.1. The minimum atomic E-state index is -0.487. The molecule has 0 aliphatic rings. The highest BCUT2D eigenvalue weighted by Crippen LogP contribution is 1.97. The average Bonchev–Trinajstić information content (AvgIpc) is 2.32. The number of H-pyrrole nitrogens is 1. The second kappa shape index (κ2) is 3.38. The van der Waals surface area contributed by atoms with Crippen molar-refractivity contribution in [3.05, 3.63) is 10.5 Å². The lowest BCUT2D eigenvalue weighted by Crippen LogP contribution is -2.28. The van der Waals surface area contributed by atoms with Crippen LogP contribution in [0, 0.1) is 0 Å². The second-order valence-electron chi connectivity index (χ2n) is 2.64. The number of amides is 1. The van der Waals surface area contributed by atoms with Gasteiger partial charge >= 0.3 is 5.69 Å². The largest absolute Gasteiger partial charge is 0.494 e. The van der Waals surface area contributed by atoms with E-state index in [-0.39, 0.29) is 18.3 Å². The Morgan fingerprint density at radius 3 is 2.77 bits per heavy atom. The Morgan fingerprint density at radius 2 is 2.38 bits per heavy atom. The molecule has 0 bridgehead atoms. The summed E-state index contributed by atoms with van der Waals surface area (Å²) >= 11 is 0. The normalized spacial score (nSPS) is 9.92. The molecular weight excluding hydrogens is 173 g/mol. The summed E-state index contributed by atoms with van der Waals surface area (Å²) in [5, 5.41) is 11.7. The van der Waals surface area contributed by atoms with E-state index in [1.807, 2.05) is 0 Å². The van der Waals surface area contributed by atoms with Crippen molar-refractivity contribution >= 4 is 19.3 Å². The zero-order chi connectivity index (χ0) is 10.0. The van der Waals surface area contributed by atoms with E-state index in [0.717, 1.165) is 4.57 Å². The van der Waals surface area contributed by atoms with E-state index in [1.54, 1.807) is 7.85 Å². The molecule has 0 spiro atoms. The van der Waals surface area contributed by atoms with Gasteiger partial charge in [-0.25, -0.2) is 4.79 Å². The van der Waals surface area contributed by atoms with Gasteiger partial charge in [-0.2, -0.15) is 0 Å². The van der Waals surface area contributed by atoms with Crippen molar-refractivity contribution in [2.45, 2.75) is 6.54 Å². The van der Waals surface area contributed by atoms with Crippen LogP contribution in [0.25, 0.3) is 0 Å². The summed E-state index contributed by atoms with van der Waals surface area (Å²) in [5.41, 5.74) is -0.132. The van der Waals surface area contributed by atoms with Crippen LogP contribution in [0.15, 0.2) is 4.79 Å². The Balaban J connectivity index is 3.01. The third-order valence-corrected chi connectivity index (χ3v) is 1.71. The molecule has 0 saturated carbocycles. The first kappa shape index (κ1) is 9.43. The number of hydrogen-bond donors (Lipinski definition) is 3. The predicted molar refractivity (Wildman–Crippen MR) is 49.0 cm³/mol. The third kappa shape index (κ3) is 1.74. The van der Waals surface area contributed by atoms with Crippen molar-refractivity contribution in [2.24, 2.45) is 0 Å². The van der Waals surface area contributed by atoms with Crippen LogP contribution in [0.3, 0.4) is 0 Å². The molecule has 1 aromatic rings. The molecule has 1 aromatic heterocycles. The van der Waals surface area contributed by atoms with Crippen molar-refractivity contribution in [3.8, 4) is 5.88 Å². The predicted octanol–water partition coefficient (Wildman–Crippen LogP) is -3.11. The van der Waals surface area contributed by atoms with E-state index < -0.39 is 5.69 Å². The Hall–Kier alpha value is -1.66. The highest BCUT2D eigenvalue weighted by atomic mass is 16.3. The van der Waals surface area contributed by atoms with Crippen molar-refractivity contribution in [3.63, 3.8) is 0 Å². The first-order valence-electron chi connectivity index (χ1n) is 3.75. The fourth-order valence-electron chi connectivity index (χ4n) is 0.952. The standard InChI is InChI=1S/C6H10BN3O3/c1-8-3(11)2-10-5(12)4(7)9-6(10)13/h12H,2,7H2,1H3,(H,8,11)(H,9,13). The molecule has 1 amide bonds. The number of carbonyl (C=O) groups excluding carboxylic acids is 1. The quantitative estimate of drug-likeness (QED) is 0.424. The number of aromatic nitrogens is 2. The summed E-state index contributed by atoms with van der Waals surface area (Å²) in [6.07, 6.45) is 0.